The van der Waals surface area contributed by atoms with Crippen molar-refractivity contribution in [3.8, 4) is 0 Å². The Morgan fingerprint density at radius 2 is 2.17 bits per heavy atom. The zero-order chi connectivity index (χ0) is 12.5. The molecule has 1 unspecified atom stereocenters. The summed E-state index contributed by atoms with van der Waals surface area (Å²) in [6, 6.07) is 7.18. The predicted molar refractivity (Wildman–Crippen MR) is 63.8 cm³/mol. The van der Waals surface area contributed by atoms with Crippen molar-refractivity contribution < 1.29 is 19.0 Å². The van der Waals surface area contributed by atoms with E-state index in [2.05, 4.69) is 4.99 Å². The van der Waals surface area contributed by atoms with E-state index in [1.165, 1.54) is 7.11 Å². The first-order chi connectivity index (χ1) is 8.79. The van der Waals surface area contributed by atoms with Crippen LogP contribution in [0.1, 0.15) is 15.9 Å². The number of carbonyl (C=O) groups is 1. The lowest BCUT2D eigenvalue weighted by atomic mass is 10.1. The SMILES string of the molecule is COC(=O)c1ccccc1C1=N[C@H](C2CO2)CO1. The van der Waals surface area contributed by atoms with E-state index in [1.807, 2.05) is 6.07 Å². The summed E-state index contributed by atoms with van der Waals surface area (Å²) in [4.78, 5) is 16.1. The van der Waals surface area contributed by atoms with Crippen molar-refractivity contribution in [3.63, 3.8) is 0 Å². The van der Waals surface area contributed by atoms with Gasteiger partial charge in [-0.1, -0.05) is 12.1 Å². The molecule has 0 aliphatic carbocycles. The molecule has 0 amide bonds. The standard InChI is InChI=1S/C13H13NO4/c1-16-13(15)9-5-3-2-4-8(9)12-14-10(6-18-12)11-7-17-11/h2-5,10-11H,6-7H2,1H3/t10-,11?/m0/s1. The van der Waals surface area contributed by atoms with E-state index in [1.54, 1.807) is 18.2 Å². The monoisotopic (exact) mass is 247 g/mol. The minimum absolute atomic E-state index is 0.0469. The summed E-state index contributed by atoms with van der Waals surface area (Å²) in [6.45, 7) is 1.25. The van der Waals surface area contributed by atoms with E-state index in [4.69, 9.17) is 14.2 Å². The van der Waals surface area contributed by atoms with E-state index in [9.17, 15) is 4.79 Å². The number of hydrogen-bond acceptors (Lipinski definition) is 5. The van der Waals surface area contributed by atoms with Crippen LogP contribution in [0, 0.1) is 0 Å². The van der Waals surface area contributed by atoms with Gasteiger partial charge in [0.15, 0.2) is 0 Å². The summed E-state index contributed by atoms with van der Waals surface area (Å²) in [5, 5.41) is 0. The van der Waals surface area contributed by atoms with Gasteiger partial charge in [-0.05, 0) is 12.1 Å². The molecular weight excluding hydrogens is 234 g/mol. The molecule has 1 aromatic rings. The van der Waals surface area contributed by atoms with Crippen LogP contribution in [0.15, 0.2) is 29.3 Å². The summed E-state index contributed by atoms with van der Waals surface area (Å²) in [6.07, 6.45) is 0.174. The highest BCUT2D eigenvalue weighted by atomic mass is 16.6. The summed E-state index contributed by atoms with van der Waals surface area (Å²) in [5.74, 6) is 0.111. The molecule has 18 heavy (non-hydrogen) atoms. The van der Waals surface area contributed by atoms with Gasteiger partial charge in [-0.25, -0.2) is 9.79 Å². The van der Waals surface area contributed by atoms with Gasteiger partial charge in [-0.15, -0.1) is 0 Å². The first-order valence-electron chi connectivity index (χ1n) is 5.79. The minimum atomic E-state index is -0.386. The predicted octanol–water partition coefficient (Wildman–Crippen LogP) is 1.02. The van der Waals surface area contributed by atoms with E-state index in [0.717, 1.165) is 6.61 Å². The third-order valence-corrected chi connectivity index (χ3v) is 3.02. The van der Waals surface area contributed by atoms with Crippen LogP contribution in [0.5, 0.6) is 0 Å². The molecule has 2 aliphatic heterocycles. The van der Waals surface area contributed by atoms with E-state index in [-0.39, 0.29) is 18.1 Å². The maximum absolute atomic E-state index is 11.7. The summed E-state index contributed by atoms with van der Waals surface area (Å²) in [7, 11) is 1.36. The molecule has 94 valence electrons. The Hall–Kier alpha value is -1.88. The fraction of sp³-hybridized carbons (Fsp3) is 0.385. The van der Waals surface area contributed by atoms with Crippen LogP contribution in [0.25, 0.3) is 0 Å². The summed E-state index contributed by atoms with van der Waals surface area (Å²) < 4.78 is 15.5. The van der Waals surface area contributed by atoms with Crippen LogP contribution < -0.4 is 0 Å². The number of rotatable bonds is 3. The number of aliphatic imine (C=N–C) groups is 1. The van der Waals surface area contributed by atoms with Crippen LogP contribution in [0.2, 0.25) is 0 Å². The van der Waals surface area contributed by atoms with Crippen LogP contribution in [-0.4, -0.2) is 44.3 Å². The molecule has 0 saturated carbocycles. The number of epoxide rings is 1. The number of methoxy groups -OCH3 is 1. The average molecular weight is 247 g/mol. The van der Waals surface area contributed by atoms with Crippen molar-refractivity contribution in [2.75, 3.05) is 20.3 Å². The van der Waals surface area contributed by atoms with Gasteiger partial charge in [0.25, 0.3) is 0 Å². The zero-order valence-corrected chi connectivity index (χ0v) is 9.96. The van der Waals surface area contributed by atoms with Gasteiger partial charge in [-0.2, -0.15) is 0 Å². The summed E-state index contributed by atoms with van der Waals surface area (Å²) in [5.41, 5.74) is 1.14. The van der Waals surface area contributed by atoms with Crippen molar-refractivity contribution in [3.05, 3.63) is 35.4 Å². The van der Waals surface area contributed by atoms with Crippen LogP contribution in [0.3, 0.4) is 0 Å². The third-order valence-electron chi connectivity index (χ3n) is 3.02. The smallest absolute Gasteiger partial charge is 0.338 e. The molecule has 0 spiro atoms. The van der Waals surface area contributed by atoms with E-state index >= 15 is 0 Å². The second-order valence-corrected chi connectivity index (χ2v) is 4.22. The fourth-order valence-electron chi connectivity index (χ4n) is 1.96. The molecule has 0 bridgehead atoms. The molecule has 2 heterocycles. The molecule has 2 aliphatic rings. The summed E-state index contributed by atoms with van der Waals surface area (Å²) >= 11 is 0. The molecule has 1 saturated heterocycles. The number of benzene rings is 1. The van der Waals surface area contributed by atoms with Gasteiger partial charge in [-0.3, -0.25) is 0 Å². The first kappa shape index (κ1) is 11.2. The van der Waals surface area contributed by atoms with E-state index in [0.29, 0.717) is 23.6 Å². The minimum Gasteiger partial charge on any atom is -0.475 e. The normalized spacial score (nSPS) is 25.3. The lowest BCUT2D eigenvalue weighted by Gasteiger charge is -2.06. The largest absolute Gasteiger partial charge is 0.475 e. The first-order valence-corrected chi connectivity index (χ1v) is 5.79. The lowest BCUT2D eigenvalue weighted by molar-refractivity contribution is 0.0600. The molecule has 1 aromatic carbocycles. The molecule has 0 aromatic heterocycles. The maximum atomic E-state index is 11.7. The Morgan fingerprint density at radius 1 is 1.39 bits per heavy atom. The molecule has 1 fully saturated rings. The Morgan fingerprint density at radius 3 is 2.89 bits per heavy atom. The second-order valence-electron chi connectivity index (χ2n) is 4.22. The number of carbonyl (C=O) groups excluding carboxylic acids is 1. The molecule has 0 radical (unpaired) electrons. The highest BCUT2D eigenvalue weighted by molar-refractivity contribution is 6.05. The third kappa shape index (κ3) is 1.97. The number of hydrogen-bond donors (Lipinski definition) is 0. The second kappa shape index (κ2) is 4.42. The molecule has 3 rings (SSSR count). The fourth-order valence-corrected chi connectivity index (χ4v) is 1.96. The van der Waals surface area contributed by atoms with Crippen molar-refractivity contribution in [1.82, 2.24) is 0 Å². The van der Waals surface area contributed by atoms with Crippen molar-refractivity contribution >= 4 is 11.9 Å². The molecule has 0 N–H and O–H groups in total. The van der Waals surface area contributed by atoms with Gasteiger partial charge < -0.3 is 14.2 Å². The van der Waals surface area contributed by atoms with Crippen molar-refractivity contribution in [1.29, 1.82) is 0 Å². The van der Waals surface area contributed by atoms with E-state index < -0.39 is 0 Å². The average Bonchev–Trinajstić information content (AvgIpc) is 3.16. The zero-order valence-electron chi connectivity index (χ0n) is 9.96. The van der Waals surface area contributed by atoms with Crippen molar-refractivity contribution in [2.24, 2.45) is 4.99 Å². The quantitative estimate of drug-likeness (QED) is 0.591. The number of nitrogens with zero attached hydrogens (tertiary/aromatic N) is 1. The van der Waals surface area contributed by atoms with Crippen LogP contribution in [-0.2, 0) is 14.2 Å². The lowest BCUT2D eigenvalue weighted by Crippen LogP contribution is -2.13. The van der Waals surface area contributed by atoms with Gasteiger partial charge in [0.2, 0.25) is 5.90 Å². The highest BCUT2D eigenvalue weighted by Gasteiger charge is 2.37. The number of esters is 1. The maximum Gasteiger partial charge on any atom is 0.338 e. The topological polar surface area (TPSA) is 60.4 Å². The highest BCUT2D eigenvalue weighted by Crippen LogP contribution is 2.24. The van der Waals surface area contributed by atoms with Gasteiger partial charge >= 0.3 is 5.97 Å². The van der Waals surface area contributed by atoms with Gasteiger partial charge in [0.05, 0.1) is 24.8 Å². The molecule has 2 atom stereocenters. The molecule has 5 heteroatoms. The van der Waals surface area contributed by atoms with Crippen LogP contribution in [0.4, 0.5) is 0 Å². The Labute approximate surface area is 104 Å². The van der Waals surface area contributed by atoms with Crippen molar-refractivity contribution in [2.45, 2.75) is 12.1 Å². The van der Waals surface area contributed by atoms with Gasteiger partial charge in [0.1, 0.15) is 18.8 Å². The number of ether oxygens (including phenoxy) is 3. The Bertz CT molecular complexity index is 507. The Kier molecular flexibility index (Phi) is 2.76. The van der Waals surface area contributed by atoms with Crippen LogP contribution >= 0.6 is 0 Å². The van der Waals surface area contributed by atoms with Gasteiger partial charge in [0, 0.05) is 0 Å². The molecular formula is C13H13NO4. The Balaban J connectivity index is 1.92. The molecule has 5 nitrogen and oxygen atoms in total.